The Kier molecular flexibility index (Phi) is 7.88. The van der Waals surface area contributed by atoms with Crippen molar-refractivity contribution in [2.24, 2.45) is 0 Å². The van der Waals surface area contributed by atoms with Crippen LogP contribution in [0.3, 0.4) is 0 Å². The molecule has 1 atom stereocenters. The normalized spacial score (nSPS) is 17.0. The molecule has 0 bridgehead atoms. The summed E-state index contributed by atoms with van der Waals surface area (Å²) >= 11 is 0. The minimum absolute atomic E-state index is 0.0480. The fourth-order valence-corrected chi connectivity index (χ4v) is 5.04. The number of benzene rings is 3. The molecule has 38 heavy (non-hydrogen) atoms. The van der Waals surface area contributed by atoms with Crippen LogP contribution >= 0.6 is 0 Å². The molecule has 2 aliphatic rings. The Morgan fingerprint density at radius 3 is 2.37 bits per heavy atom. The van der Waals surface area contributed by atoms with Gasteiger partial charge in [-0.3, -0.25) is 4.79 Å². The van der Waals surface area contributed by atoms with Gasteiger partial charge in [0.15, 0.2) is 5.78 Å². The minimum atomic E-state index is -0.575. The molecule has 1 N–H and O–H groups in total. The van der Waals surface area contributed by atoms with Crippen LogP contribution in [0.4, 0.5) is 0 Å². The third kappa shape index (κ3) is 5.65. The molecule has 0 aromatic heterocycles. The van der Waals surface area contributed by atoms with Gasteiger partial charge >= 0.3 is 5.97 Å². The fourth-order valence-electron chi connectivity index (χ4n) is 5.04. The SMILES string of the molecule is CC1=C(C(=O)OCCOc2ccccc2)C(c2ccccc2OCc2ccccc2)C2=C(CCCC2=O)N1. The quantitative estimate of drug-likeness (QED) is 0.288. The predicted molar refractivity (Wildman–Crippen MR) is 145 cm³/mol. The van der Waals surface area contributed by atoms with Crippen molar-refractivity contribution < 1.29 is 23.8 Å². The van der Waals surface area contributed by atoms with E-state index in [0.29, 0.717) is 41.4 Å². The Morgan fingerprint density at radius 1 is 0.868 bits per heavy atom. The second-order valence-electron chi connectivity index (χ2n) is 9.38. The van der Waals surface area contributed by atoms with Crippen LogP contribution in [-0.2, 0) is 20.9 Å². The van der Waals surface area contributed by atoms with Gasteiger partial charge in [-0.1, -0.05) is 66.7 Å². The molecule has 3 aromatic rings. The molecule has 6 heteroatoms. The number of Topliss-reactive ketones (excluding diaryl/α,β-unsaturated/α-hetero) is 1. The molecule has 1 aliphatic carbocycles. The van der Waals surface area contributed by atoms with E-state index in [1.54, 1.807) is 0 Å². The number of hydrogen-bond donors (Lipinski definition) is 1. The molecule has 1 heterocycles. The van der Waals surface area contributed by atoms with Crippen molar-refractivity contribution in [1.82, 2.24) is 5.32 Å². The molecule has 5 rings (SSSR count). The lowest BCUT2D eigenvalue weighted by molar-refractivity contribution is -0.140. The Morgan fingerprint density at radius 2 is 1.58 bits per heavy atom. The first-order chi connectivity index (χ1) is 18.6. The van der Waals surface area contributed by atoms with E-state index in [-0.39, 0.29) is 19.0 Å². The van der Waals surface area contributed by atoms with Gasteiger partial charge in [-0.2, -0.15) is 0 Å². The van der Waals surface area contributed by atoms with Crippen molar-refractivity contribution in [3.8, 4) is 11.5 Å². The van der Waals surface area contributed by atoms with E-state index in [1.165, 1.54) is 0 Å². The van der Waals surface area contributed by atoms with E-state index >= 15 is 0 Å². The van der Waals surface area contributed by atoms with Gasteiger partial charge in [0.2, 0.25) is 0 Å². The summed E-state index contributed by atoms with van der Waals surface area (Å²) in [6.45, 7) is 2.55. The average Bonchev–Trinajstić information content (AvgIpc) is 2.95. The third-order valence-corrected chi connectivity index (χ3v) is 6.79. The molecule has 0 radical (unpaired) electrons. The number of dihydropyridines is 1. The first-order valence-electron chi connectivity index (χ1n) is 13.0. The Hall–Kier alpha value is -4.32. The smallest absolute Gasteiger partial charge is 0.336 e. The van der Waals surface area contributed by atoms with Gasteiger partial charge in [-0.05, 0) is 43.5 Å². The molecule has 3 aromatic carbocycles. The molecule has 0 amide bonds. The number of allylic oxidation sites excluding steroid dienone is 3. The lowest BCUT2D eigenvalue weighted by atomic mass is 9.75. The number of para-hydroxylation sites is 2. The molecule has 1 unspecified atom stereocenters. The van der Waals surface area contributed by atoms with Gasteiger partial charge < -0.3 is 19.5 Å². The standard InChI is InChI=1S/C32H31NO5/c1-22-29(32(35)37-20-19-36-24-13-6-3-7-14-24)30(31-26(33-22)16-10-17-27(31)34)25-15-8-9-18-28(25)38-21-23-11-4-2-5-12-23/h2-9,11-15,18,30,33H,10,16-17,19-21H2,1H3. The fraction of sp³-hybridized carbons (Fsp3) is 0.250. The molecule has 0 fully saturated rings. The van der Waals surface area contributed by atoms with Crippen LogP contribution in [0.25, 0.3) is 0 Å². The monoisotopic (exact) mass is 509 g/mol. The Balaban J connectivity index is 1.42. The first kappa shape index (κ1) is 25.3. The highest BCUT2D eigenvalue weighted by Crippen LogP contribution is 2.45. The van der Waals surface area contributed by atoms with Gasteiger partial charge in [0.25, 0.3) is 0 Å². The number of carbonyl (C=O) groups excluding carboxylic acids is 2. The van der Waals surface area contributed by atoms with Crippen molar-refractivity contribution in [3.05, 3.63) is 119 Å². The van der Waals surface area contributed by atoms with Crippen LogP contribution in [0.1, 0.15) is 43.2 Å². The molecule has 0 saturated heterocycles. The van der Waals surface area contributed by atoms with Crippen molar-refractivity contribution in [1.29, 1.82) is 0 Å². The van der Waals surface area contributed by atoms with Crippen LogP contribution in [0.5, 0.6) is 11.5 Å². The second-order valence-corrected chi connectivity index (χ2v) is 9.38. The maximum atomic E-state index is 13.5. The summed E-state index contributed by atoms with van der Waals surface area (Å²) in [6.07, 6.45) is 2.00. The summed E-state index contributed by atoms with van der Waals surface area (Å²) < 4.78 is 17.6. The van der Waals surface area contributed by atoms with Crippen molar-refractivity contribution in [2.45, 2.75) is 38.7 Å². The lowest BCUT2D eigenvalue weighted by Crippen LogP contribution is -2.34. The summed E-state index contributed by atoms with van der Waals surface area (Å²) in [5.74, 6) is 0.349. The maximum Gasteiger partial charge on any atom is 0.336 e. The number of ketones is 1. The number of esters is 1. The molecule has 194 valence electrons. The van der Waals surface area contributed by atoms with Crippen molar-refractivity contribution >= 4 is 11.8 Å². The van der Waals surface area contributed by atoms with Gasteiger partial charge in [-0.25, -0.2) is 4.79 Å². The first-order valence-corrected chi connectivity index (χ1v) is 13.0. The van der Waals surface area contributed by atoms with Crippen LogP contribution in [0.15, 0.2) is 107 Å². The molecule has 0 spiro atoms. The zero-order chi connectivity index (χ0) is 26.3. The van der Waals surface area contributed by atoms with E-state index < -0.39 is 11.9 Å². The summed E-state index contributed by atoms with van der Waals surface area (Å²) in [5, 5.41) is 3.34. The Bertz CT molecular complexity index is 1360. The topological polar surface area (TPSA) is 73.9 Å². The summed E-state index contributed by atoms with van der Waals surface area (Å²) in [7, 11) is 0. The van der Waals surface area contributed by atoms with Crippen molar-refractivity contribution in [2.75, 3.05) is 13.2 Å². The highest BCUT2D eigenvalue weighted by molar-refractivity contribution is 6.04. The van der Waals surface area contributed by atoms with Gasteiger partial charge in [0, 0.05) is 29.0 Å². The van der Waals surface area contributed by atoms with Gasteiger partial charge in [0.05, 0.1) is 11.5 Å². The van der Waals surface area contributed by atoms with Crippen LogP contribution in [0, 0.1) is 0 Å². The molecule has 1 aliphatic heterocycles. The highest BCUT2D eigenvalue weighted by atomic mass is 16.6. The number of rotatable bonds is 9. The second kappa shape index (κ2) is 11.8. The van der Waals surface area contributed by atoms with E-state index in [4.69, 9.17) is 14.2 Å². The largest absolute Gasteiger partial charge is 0.490 e. The zero-order valence-corrected chi connectivity index (χ0v) is 21.4. The molecule has 6 nitrogen and oxygen atoms in total. The maximum absolute atomic E-state index is 13.5. The number of ether oxygens (including phenoxy) is 3. The average molecular weight is 510 g/mol. The number of carbonyl (C=O) groups is 2. The molecular weight excluding hydrogens is 478 g/mol. The zero-order valence-electron chi connectivity index (χ0n) is 21.4. The van der Waals surface area contributed by atoms with Gasteiger partial charge in [-0.15, -0.1) is 0 Å². The van der Waals surface area contributed by atoms with Gasteiger partial charge in [0.1, 0.15) is 31.3 Å². The molecule has 0 saturated carbocycles. The Labute approximate surface area is 222 Å². The van der Waals surface area contributed by atoms with Crippen LogP contribution < -0.4 is 14.8 Å². The number of hydrogen-bond acceptors (Lipinski definition) is 6. The predicted octanol–water partition coefficient (Wildman–Crippen LogP) is 5.86. The highest BCUT2D eigenvalue weighted by Gasteiger charge is 2.40. The van der Waals surface area contributed by atoms with E-state index in [2.05, 4.69) is 5.32 Å². The van der Waals surface area contributed by atoms with Crippen LogP contribution in [-0.4, -0.2) is 25.0 Å². The van der Waals surface area contributed by atoms with Crippen molar-refractivity contribution in [3.63, 3.8) is 0 Å². The third-order valence-electron chi connectivity index (χ3n) is 6.79. The summed E-state index contributed by atoms with van der Waals surface area (Å²) in [5.41, 5.74) is 4.44. The lowest BCUT2D eigenvalue weighted by Gasteiger charge is -2.34. The van der Waals surface area contributed by atoms with E-state index in [0.717, 1.165) is 29.7 Å². The summed E-state index contributed by atoms with van der Waals surface area (Å²) in [6, 6.07) is 26.9. The number of nitrogens with one attached hydrogen (secondary N) is 1. The van der Waals surface area contributed by atoms with Crippen LogP contribution in [0.2, 0.25) is 0 Å². The minimum Gasteiger partial charge on any atom is -0.490 e. The molecular formula is C32H31NO5. The van der Waals surface area contributed by atoms with E-state index in [1.807, 2.05) is 91.9 Å². The summed E-state index contributed by atoms with van der Waals surface area (Å²) in [4.78, 5) is 26.8. The van der Waals surface area contributed by atoms with E-state index in [9.17, 15) is 9.59 Å².